The van der Waals surface area contributed by atoms with Crippen LogP contribution < -0.4 is 16.0 Å². The highest BCUT2D eigenvalue weighted by molar-refractivity contribution is 5.82. The van der Waals surface area contributed by atoms with E-state index >= 15 is 0 Å². The third-order valence-corrected chi connectivity index (χ3v) is 3.27. The van der Waals surface area contributed by atoms with Crippen LogP contribution in [-0.4, -0.2) is 45.3 Å². The zero-order valence-electron chi connectivity index (χ0n) is 12.1. The maximum absolute atomic E-state index is 11.6. The summed E-state index contributed by atoms with van der Waals surface area (Å²) >= 11 is 0. The number of carbonyl (C=O) groups excluding carboxylic acids is 1. The van der Waals surface area contributed by atoms with Crippen molar-refractivity contribution >= 4 is 23.8 Å². The molecular formula is C12H16N6O4. The Morgan fingerprint density at radius 2 is 2.05 bits per heavy atom. The number of hydrogen-bond donors (Lipinski definition) is 1. The van der Waals surface area contributed by atoms with Crippen molar-refractivity contribution in [2.45, 2.75) is 26.2 Å². The van der Waals surface area contributed by atoms with Gasteiger partial charge in [-0.3, -0.25) is 5.32 Å². The van der Waals surface area contributed by atoms with Crippen LogP contribution in [0.5, 0.6) is 0 Å². The number of nitrogens with zero attached hydrogens (tertiary/aromatic N) is 5. The Bertz CT molecular complexity index is 733. The second kappa shape index (κ2) is 6.00. The van der Waals surface area contributed by atoms with E-state index in [0.717, 1.165) is 36.9 Å². The number of hydrogen-bond acceptors (Lipinski definition) is 8. The maximum Gasteiger partial charge on any atom is 0.462 e. The molecule has 118 valence electrons. The molecule has 1 aliphatic heterocycles. The molecular weight excluding hydrogens is 292 g/mol. The Morgan fingerprint density at radius 1 is 1.27 bits per heavy atom. The van der Waals surface area contributed by atoms with Crippen LogP contribution in [0.3, 0.4) is 0 Å². The van der Waals surface area contributed by atoms with Crippen LogP contribution in [0.1, 0.15) is 26.2 Å². The summed E-state index contributed by atoms with van der Waals surface area (Å²) < 4.78 is 10.6. The fourth-order valence-corrected chi connectivity index (χ4v) is 2.30. The molecule has 0 radical (unpaired) electrons. The smallest absolute Gasteiger partial charge is 0.450 e. The predicted molar refractivity (Wildman–Crippen MR) is 76.0 cm³/mol. The van der Waals surface area contributed by atoms with Gasteiger partial charge < -0.3 is 14.2 Å². The topological polar surface area (TPSA) is 115 Å². The van der Waals surface area contributed by atoms with E-state index in [4.69, 9.17) is 9.26 Å². The van der Waals surface area contributed by atoms with E-state index in [1.54, 1.807) is 6.92 Å². The van der Waals surface area contributed by atoms with Crippen molar-refractivity contribution in [2.24, 2.45) is 0 Å². The third kappa shape index (κ3) is 2.85. The molecule has 22 heavy (non-hydrogen) atoms. The van der Waals surface area contributed by atoms with E-state index in [-0.39, 0.29) is 18.3 Å². The molecule has 1 amide bonds. The standard InChI is InChI=1S/C12H16N6O4/c1-2-21-11(19)15-9-13-8(17-6-4-3-5-7-17)14-10-16-12(20)22-18(9)10/h2-7H2,1H3,(H,13,14,15,16,19,20). The lowest BCUT2D eigenvalue weighted by Gasteiger charge is -2.26. The number of piperidine rings is 1. The van der Waals surface area contributed by atoms with Gasteiger partial charge in [0.1, 0.15) is 0 Å². The summed E-state index contributed by atoms with van der Waals surface area (Å²) in [6, 6.07) is 0. The molecule has 0 spiro atoms. The Morgan fingerprint density at radius 3 is 2.77 bits per heavy atom. The molecule has 0 aromatic carbocycles. The number of ether oxygens (including phenoxy) is 1. The van der Waals surface area contributed by atoms with E-state index in [0.29, 0.717) is 5.95 Å². The molecule has 0 bridgehead atoms. The zero-order chi connectivity index (χ0) is 15.5. The van der Waals surface area contributed by atoms with Gasteiger partial charge in [-0.05, 0) is 26.2 Å². The van der Waals surface area contributed by atoms with Crippen LogP contribution in [0.2, 0.25) is 0 Å². The number of aromatic nitrogens is 4. The van der Waals surface area contributed by atoms with Crippen molar-refractivity contribution in [3.05, 3.63) is 10.6 Å². The second-order valence-corrected chi connectivity index (χ2v) is 4.80. The summed E-state index contributed by atoms with van der Waals surface area (Å²) in [6.07, 6.45) is 2.56. The largest absolute Gasteiger partial charge is 0.462 e. The molecule has 1 N–H and O–H groups in total. The molecule has 2 aromatic rings. The van der Waals surface area contributed by atoms with Crippen molar-refractivity contribution < 1.29 is 14.1 Å². The first-order valence-corrected chi connectivity index (χ1v) is 7.14. The number of carbonyl (C=O) groups is 1. The average Bonchev–Trinajstić information content (AvgIpc) is 2.89. The van der Waals surface area contributed by atoms with Crippen molar-refractivity contribution in [3.8, 4) is 0 Å². The molecule has 1 aliphatic rings. The molecule has 3 heterocycles. The Kier molecular flexibility index (Phi) is 3.90. The van der Waals surface area contributed by atoms with Crippen molar-refractivity contribution in [2.75, 3.05) is 29.9 Å². The van der Waals surface area contributed by atoms with Gasteiger partial charge in [-0.15, -0.1) is 4.98 Å². The fourth-order valence-electron chi connectivity index (χ4n) is 2.30. The first-order chi connectivity index (χ1) is 10.7. The lowest BCUT2D eigenvalue weighted by atomic mass is 10.1. The highest BCUT2D eigenvalue weighted by atomic mass is 16.6. The van der Waals surface area contributed by atoms with Gasteiger partial charge in [-0.1, -0.05) is 4.57 Å². The number of rotatable bonds is 3. The normalized spacial score (nSPS) is 15.0. The fraction of sp³-hybridized carbons (Fsp3) is 0.583. The lowest BCUT2D eigenvalue weighted by molar-refractivity contribution is 0.167. The first kappa shape index (κ1) is 14.3. The van der Waals surface area contributed by atoms with Crippen LogP contribution >= 0.6 is 0 Å². The molecule has 0 aliphatic carbocycles. The molecule has 0 unspecified atom stereocenters. The van der Waals surface area contributed by atoms with E-state index in [1.807, 2.05) is 4.90 Å². The summed E-state index contributed by atoms with van der Waals surface area (Å²) in [5.74, 6) is -0.345. The van der Waals surface area contributed by atoms with E-state index in [2.05, 4.69) is 20.3 Å². The lowest BCUT2D eigenvalue weighted by Crippen LogP contribution is -2.31. The van der Waals surface area contributed by atoms with E-state index in [1.165, 1.54) is 0 Å². The van der Waals surface area contributed by atoms with Gasteiger partial charge in [-0.25, -0.2) is 9.59 Å². The van der Waals surface area contributed by atoms with E-state index in [9.17, 15) is 9.59 Å². The van der Waals surface area contributed by atoms with Crippen molar-refractivity contribution in [1.82, 2.24) is 19.5 Å². The number of fused-ring (bicyclic) bond motifs is 1. The number of anilines is 2. The highest BCUT2D eigenvalue weighted by Crippen LogP contribution is 2.18. The van der Waals surface area contributed by atoms with Gasteiger partial charge >= 0.3 is 11.8 Å². The van der Waals surface area contributed by atoms with Gasteiger partial charge in [0.15, 0.2) is 0 Å². The summed E-state index contributed by atoms with van der Waals surface area (Å²) in [6.45, 7) is 3.53. The maximum atomic E-state index is 11.6. The molecule has 10 nitrogen and oxygen atoms in total. The van der Waals surface area contributed by atoms with Crippen LogP contribution in [0.25, 0.3) is 5.78 Å². The first-order valence-electron chi connectivity index (χ1n) is 7.14. The van der Waals surface area contributed by atoms with Gasteiger partial charge in [0, 0.05) is 13.1 Å². The predicted octanol–water partition coefficient (Wildman–Crippen LogP) is 0.636. The average molecular weight is 308 g/mol. The van der Waals surface area contributed by atoms with Crippen LogP contribution in [0, 0.1) is 0 Å². The van der Waals surface area contributed by atoms with Crippen molar-refractivity contribution in [1.29, 1.82) is 0 Å². The molecule has 1 fully saturated rings. The summed E-state index contributed by atoms with van der Waals surface area (Å²) in [7, 11) is 0. The Balaban J connectivity index is 1.99. The van der Waals surface area contributed by atoms with Crippen molar-refractivity contribution in [3.63, 3.8) is 0 Å². The molecule has 2 aromatic heterocycles. The third-order valence-electron chi connectivity index (χ3n) is 3.27. The molecule has 0 saturated carbocycles. The van der Waals surface area contributed by atoms with Gasteiger partial charge in [0.05, 0.1) is 6.61 Å². The molecule has 3 rings (SSSR count). The van der Waals surface area contributed by atoms with Gasteiger partial charge in [0.2, 0.25) is 5.95 Å². The summed E-state index contributed by atoms with van der Waals surface area (Å²) in [4.78, 5) is 37.0. The number of amides is 1. The van der Waals surface area contributed by atoms with E-state index < -0.39 is 11.8 Å². The minimum Gasteiger partial charge on any atom is -0.450 e. The van der Waals surface area contributed by atoms with Crippen LogP contribution in [0.15, 0.2) is 9.32 Å². The summed E-state index contributed by atoms with van der Waals surface area (Å²) in [5.41, 5.74) is 0. The molecule has 10 heteroatoms. The second-order valence-electron chi connectivity index (χ2n) is 4.80. The minimum absolute atomic E-state index is 0.0126. The monoisotopic (exact) mass is 308 g/mol. The summed E-state index contributed by atoms with van der Waals surface area (Å²) in [5, 5.41) is 2.43. The Labute approximate surface area is 125 Å². The number of nitrogens with one attached hydrogen (secondary N) is 1. The van der Waals surface area contributed by atoms with Crippen LogP contribution in [-0.2, 0) is 4.74 Å². The van der Waals surface area contributed by atoms with Gasteiger partial charge in [0.25, 0.3) is 11.7 Å². The quantitative estimate of drug-likeness (QED) is 0.878. The zero-order valence-corrected chi connectivity index (χ0v) is 12.1. The highest BCUT2D eigenvalue weighted by Gasteiger charge is 2.19. The van der Waals surface area contributed by atoms with Crippen LogP contribution in [0.4, 0.5) is 16.7 Å². The van der Waals surface area contributed by atoms with Gasteiger partial charge in [-0.2, -0.15) is 9.97 Å². The minimum atomic E-state index is -0.808. The SMILES string of the molecule is CCOC(=O)Nc1nc(N2CCCCC2)nc2nc(=O)on12. The Hall–Kier alpha value is -2.65. The molecule has 0 atom stereocenters. The molecule has 1 saturated heterocycles.